The molecule has 1 aromatic carbocycles. The lowest BCUT2D eigenvalue weighted by molar-refractivity contribution is -0.122. The molecule has 6 heteroatoms. The second kappa shape index (κ2) is 6.70. The summed E-state index contributed by atoms with van der Waals surface area (Å²) in [6, 6.07) is 7.36. The summed E-state index contributed by atoms with van der Waals surface area (Å²) in [5.41, 5.74) is 1.07. The van der Waals surface area contributed by atoms with Gasteiger partial charge in [0.25, 0.3) is 0 Å². The molecular formula is C18H19N3O3. The number of rotatable bonds is 6. The van der Waals surface area contributed by atoms with Gasteiger partial charge in [-0.1, -0.05) is 18.7 Å². The summed E-state index contributed by atoms with van der Waals surface area (Å²) in [6.07, 6.45) is 7.08. The molecule has 0 spiro atoms. The highest BCUT2D eigenvalue weighted by molar-refractivity contribution is 5.93. The van der Waals surface area contributed by atoms with Gasteiger partial charge in [-0.2, -0.15) is 0 Å². The molecule has 1 heterocycles. The van der Waals surface area contributed by atoms with E-state index in [0.29, 0.717) is 11.4 Å². The van der Waals surface area contributed by atoms with Gasteiger partial charge in [-0.25, -0.2) is 4.98 Å². The lowest BCUT2D eigenvalue weighted by atomic mass is 9.74. The van der Waals surface area contributed by atoms with Crippen molar-refractivity contribution in [3.05, 3.63) is 49.5 Å². The zero-order valence-corrected chi connectivity index (χ0v) is 13.2. The molecule has 0 saturated heterocycles. The van der Waals surface area contributed by atoms with Gasteiger partial charge in [-0.15, -0.1) is 0 Å². The van der Waals surface area contributed by atoms with Crippen molar-refractivity contribution in [2.24, 2.45) is 0 Å². The maximum atomic E-state index is 12.4. The monoisotopic (exact) mass is 325 g/mol. The van der Waals surface area contributed by atoms with E-state index < -0.39 is 5.54 Å². The van der Waals surface area contributed by atoms with E-state index in [1.54, 1.807) is 6.20 Å². The van der Waals surface area contributed by atoms with E-state index in [9.17, 15) is 9.59 Å². The van der Waals surface area contributed by atoms with Crippen LogP contribution in [-0.4, -0.2) is 22.3 Å². The van der Waals surface area contributed by atoms with Crippen molar-refractivity contribution in [2.45, 2.75) is 31.2 Å². The molecule has 2 aromatic rings. The normalized spacial score (nSPS) is 15.2. The van der Waals surface area contributed by atoms with E-state index in [2.05, 4.69) is 22.2 Å². The second-order valence-corrected chi connectivity index (χ2v) is 6.00. The lowest BCUT2D eigenvalue weighted by Crippen LogP contribution is -2.54. The summed E-state index contributed by atoms with van der Waals surface area (Å²) in [7, 11) is 0. The van der Waals surface area contributed by atoms with Gasteiger partial charge in [0, 0.05) is 16.8 Å². The first-order chi connectivity index (χ1) is 11.6. The average Bonchev–Trinajstić information content (AvgIpc) is 3.07. The van der Waals surface area contributed by atoms with Gasteiger partial charge in [0.1, 0.15) is 0 Å². The molecule has 1 aliphatic rings. The number of hydrogen-bond acceptors (Lipinski definition) is 4. The number of anilines is 1. The molecule has 3 rings (SSSR count). The molecule has 1 saturated carbocycles. The predicted molar refractivity (Wildman–Crippen MR) is 90.1 cm³/mol. The zero-order valence-electron chi connectivity index (χ0n) is 13.2. The Morgan fingerprint density at radius 2 is 2.21 bits per heavy atom. The third-order valence-electron chi connectivity index (χ3n) is 4.25. The average molecular weight is 325 g/mol. The van der Waals surface area contributed by atoms with Crippen molar-refractivity contribution >= 4 is 17.5 Å². The van der Waals surface area contributed by atoms with Crippen molar-refractivity contribution in [3.8, 4) is 11.3 Å². The summed E-state index contributed by atoms with van der Waals surface area (Å²) in [5, 5.41) is 5.77. The van der Waals surface area contributed by atoms with E-state index in [1.807, 2.05) is 24.3 Å². The summed E-state index contributed by atoms with van der Waals surface area (Å²) < 4.78 is 5.26. The number of aromatic nitrogens is 1. The first-order valence-corrected chi connectivity index (χ1v) is 7.84. The fourth-order valence-corrected chi connectivity index (χ4v) is 2.88. The quantitative estimate of drug-likeness (QED) is 0.800. The molecule has 1 aliphatic carbocycles. The highest BCUT2D eigenvalue weighted by atomic mass is 16.3. The van der Waals surface area contributed by atoms with Crippen LogP contribution in [0, 0.1) is 0 Å². The maximum absolute atomic E-state index is 12.4. The highest BCUT2D eigenvalue weighted by Gasteiger charge is 2.39. The molecule has 124 valence electrons. The molecule has 0 bridgehead atoms. The number of nitrogens with one attached hydrogen (secondary N) is 2. The van der Waals surface area contributed by atoms with Gasteiger partial charge in [0.15, 0.2) is 12.2 Å². The Bertz CT molecular complexity index is 749. The number of benzene rings is 1. The van der Waals surface area contributed by atoms with Crippen LogP contribution < -0.4 is 10.6 Å². The van der Waals surface area contributed by atoms with Crippen LogP contribution in [0.2, 0.25) is 0 Å². The van der Waals surface area contributed by atoms with Crippen LogP contribution in [-0.2, 0) is 9.59 Å². The smallest absolute Gasteiger partial charge is 0.243 e. The summed E-state index contributed by atoms with van der Waals surface area (Å²) >= 11 is 0. The molecule has 0 aliphatic heterocycles. The van der Waals surface area contributed by atoms with Gasteiger partial charge in [-0.3, -0.25) is 9.59 Å². The van der Waals surface area contributed by atoms with Crippen LogP contribution in [0.5, 0.6) is 0 Å². The van der Waals surface area contributed by atoms with E-state index in [1.165, 1.54) is 12.5 Å². The van der Waals surface area contributed by atoms with Gasteiger partial charge >= 0.3 is 0 Å². The number of oxazole rings is 1. The maximum Gasteiger partial charge on any atom is 0.243 e. The number of carbonyl (C=O) groups is 2. The molecule has 1 aromatic heterocycles. The Labute approximate surface area is 140 Å². The number of hydrogen-bond donors (Lipinski definition) is 2. The van der Waals surface area contributed by atoms with E-state index in [4.69, 9.17) is 4.42 Å². The Morgan fingerprint density at radius 3 is 2.83 bits per heavy atom. The highest BCUT2D eigenvalue weighted by Crippen LogP contribution is 2.35. The lowest BCUT2D eigenvalue weighted by Gasteiger charge is -2.41. The minimum absolute atomic E-state index is 0.131. The molecule has 0 atom stereocenters. The standard InChI is InChI=1S/C18H19N3O3/c1-2-16(22)21-18(7-4-8-18)10-17(23)20-14-6-3-5-13(9-14)15-11-19-12-24-15/h2-3,5-6,9,11-12H,1,4,7-8,10H2,(H,20,23)(H,21,22). The molecule has 2 N–H and O–H groups in total. The van der Waals surface area contributed by atoms with Crippen molar-refractivity contribution in [2.75, 3.05) is 5.32 Å². The van der Waals surface area contributed by atoms with Crippen molar-refractivity contribution in [3.63, 3.8) is 0 Å². The first-order valence-electron chi connectivity index (χ1n) is 7.84. The van der Waals surface area contributed by atoms with Crippen LogP contribution in [0.15, 0.2) is 53.9 Å². The topological polar surface area (TPSA) is 84.2 Å². The third-order valence-corrected chi connectivity index (χ3v) is 4.25. The third kappa shape index (κ3) is 3.53. The van der Waals surface area contributed by atoms with Gasteiger partial charge in [0.2, 0.25) is 11.8 Å². The first kappa shape index (κ1) is 16.0. The summed E-state index contributed by atoms with van der Waals surface area (Å²) in [4.78, 5) is 27.8. The Hall–Kier alpha value is -2.89. The molecule has 6 nitrogen and oxygen atoms in total. The minimum Gasteiger partial charge on any atom is -0.444 e. The van der Waals surface area contributed by atoms with Gasteiger partial charge < -0.3 is 15.1 Å². The van der Waals surface area contributed by atoms with Crippen molar-refractivity contribution in [1.82, 2.24) is 10.3 Å². The zero-order chi connectivity index (χ0) is 17.0. The second-order valence-electron chi connectivity index (χ2n) is 6.00. The number of amides is 2. The molecule has 24 heavy (non-hydrogen) atoms. The molecule has 2 amide bonds. The SMILES string of the molecule is C=CC(=O)NC1(CC(=O)Nc2cccc(-c3cnco3)c2)CCC1. The minimum atomic E-state index is -0.447. The fourth-order valence-electron chi connectivity index (χ4n) is 2.88. The van der Waals surface area contributed by atoms with E-state index in [-0.39, 0.29) is 18.2 Å². The molecular weight excluding hydrogens is 306 g/mol. The summed E-state index contributed by atoms with van der Waals surface area (Å²) in [5.74, 6) is 0.267. The molecule has 1 fully saturated rings. The molecule has 0 unspecified atom stereocenters. The predicted octanol–water partition coefficient (Wildman–Crippen LogP) is 2.90. The molecule has 0 radical (unpaired) electrons. The van der Waals surface area contributed by atoms with E-state index in [0.717, 1.165) is 24.8 Å². The van der Waals surface area contributed by atoms with Crippen LogP contribution in [0.3, 0.4) is 0 Å². The van der Waals surface area contributed by atoms with Gasteiger partial charge in [0.05, 0.1) is 12.6 Å². The summed E-state index contributed by atoms with van der Waals surface area (Å²) in [6.45, 7) is 3.46. The fraction of sp³-hybridized carbons (Fsp3) is 0.278. The largest absolute Gasteiger partial charge is 0.444 e. The van der Waals surface area contributed by atoms with Crippen LogP contribution >= 0.6 is 0 Å². The van der Waals surface area contributed by atoms with Gasteiger partial charge in [-0.05, 0) is 37.5 Å². The van der Waals surface area contributed by atoms with Crippen molar-refractivity contribution < 1.29 is 14.0 Å². The Morgan fingerprint density at radius 1 is 1.38 bits per heavy atom. The van der Waals surface area contributed by atoms with Crippen LogP contribution in [0.4, 0.5) is 5.69 Å². The number of carbonyl (C=O) groups excluding carboxylic acids is 2. The Kier molecular flexibility index (Phi) is 4.46. The number of nitrogens with zero attached hydrogens (tertiary/aromatic N) is 1. The Balaban J connectivity index is 1.65. The van der Waals surface area contributed by atoms with E-state index >= 15 is 0 Å². The van der Waals surface area contributed by atoms with Crippen LogP contribution in [0.1, 0.15) is 25.7 Å². The van der Waals surface area contributed by atoms with Crippen LogP contribution in [0.25, 0.3) is 11.3 Å². The van der Waals surface area contributed by atoms with Crippen molar-refractivity contribution in [1.29, 1.82) is 0 Å².